The zero-order valence-electron chi connectivity index (χ0n) is 10.7. The van der Waals surface area contributed by atoms with Gasteiger partial charge < -0.3 is 5.11 Å². The van der Waals surface area contributed by atoms with Crippen LogP contribution in [0.4, 0.5) is 0 Å². The van der Waals surface area contributed by atoms with E-state index in [9.17, 15) is 4.79 Å². The maximum atomic E-state index is 10.8. The first-order valence-electron chi connectivity index (χ1n) is 5.63. The molecule has 1 unspecified atom stereocenters. The summed E-state index contributed by atoms with van der Waals surface area (Å²) < 4.78 is 0. The van der Waals surface area contributed by atoms with E-state index < -0.39 is 5.97 Å². The molecule has 2 heteroatoms. The van der Waals surface area contributed by atoms with E-state index in [0.717, 1.165) is 0 Å². The fourth-order valence-corrected chi connectivity index (χ4v) is 2.35. The average molecular weight is 220 g/mol. The molecule has 16 heavy (non-hydrogen) atoms. The molecule has 0 bridgehead atoms. The molecule has 0 radical (unpaired) electrons. The summed E-state index contributed by atoms with van der Waals surface area (Å²) in [4.78, 5) is 10.8. The number of aryl methyl sites for hydroxylation is 2. The summed E-state index contributed by atoms with van der Waals surface area (Å²) in [6, 6.07) is 2.17. The highest BCUT2D eigenvalue weighted by Gasteiger charge is 2.17. The van der Waals surface area contributed by atoms with Crippen molar-refractivity contribution >= 4 is 5.97 Å². The quantitative estimate of drug-likeness (QED) is 0.846. The second-order valence-electron chi connectivity index (χ2n) is 4.67. The van der Waals surface area contributed by atoms with E-state index in [0.29, 0.717) is 0 Å². The Kier molecular flexibility index (Phi) is 3.74. The van der Waals surface area contributed by atoms with Gasteiger partial charge in [-0.2, -0.15) is 0 Å². The van der Waals surface area contributed by atoms with E-state index in [-0.39, 0.29) is 12.3 Å². The van der Waals surface area contributed by atoms with Gasteiger partial charge in [-0.3, -0.25) is 4.79 Å². The summed E-state index contributed by atoms with van der Waals surface area (Å²) in [6.07, 6.45) is 0.199. The van der Waals surface area contributed by atoms with Gasteiger partial charge >= 0.3 is 5.97 Å². The van der Waals surface area contributed by atoms with Gasteiger partial charge in [0, 0.05) is 0 Å². The Bertz CT molecular complexity index is 393. The normalized spacial score (nSPS) is 12.6. The summed E-state index contributed by atoms with van der Waals surface area (Å²) in [6.45, 7) is 10.3. The molecule has 0 fully saturated rings. The highest BCUT2D eigenvalue weighted by atomic mass is 16.4. The van der Waals surface area contributed by atoms with Gasteiger partial charge in [0.1, 0.15) is 0 Å². The molecule has 0 aromatic heterocycles. The summed E-state index contributed by atoms with van der Waals surface area (Å²) in [5.41, 5.74) is 6.17. The minimum atomic E-state index is -0.731. The van der Waals surface area contributed by atoms with Crippen LogP contribution in [0.2, 0.25) is 0 Å². The molecule has 1 aromatic carbocycles. The molecular formula is C14H20O2. The summed E-state index contributed by atoms with van der Waals surface area (Å²) >= 11 is 0. The first-order valence-corrected chi connectivity index (χ1v) is 5.63. The van der Waals surface area contributed by atoms with Gasteiger partial charge in [0.25, 0.3) is 0 Å². The monoisotopic (exact) mass is 220 g/mol. The molecule has 1 atom stereocenters. The molecule has 2 nitrogen and oxygen atoms in total. The highest BCUT2D eigenvalue weighted by Crippen LogP contribution is 2.30. The number of carboxylic acids is 1. The number of hydrogen-bond acceptors (Lipinski definition) is 1. The molecule has 0 aliphatic carbocycles. The Morgan fingerprint density at radius 2 is 1.62 bits per heavy atom. The molecular weight excluding hydrogens is 200 g/mol. The number of carbonyl (C=O) groups is 1. The van der Waals surface area contributed by atoms with Crippen molar-refractivity contribution in [3.8, 4) is 0 Å². The number of benzene rings is 1. The van der Waals surface area contributed by atoms with Gasteiger partial charge in [-0.05, 0) is 61.4 Å². The lowest BCUT2D eigenvalue weighted by Crippen LogP contribution is -2.08. The van der Waals surface area contributed by atoms with Gasteiger partial charge in [-0.25, -0.2) is 0 Å². The third-order valence-electron chi connectivity index (χ3n) is 3.40. The van der Waals surface area contributed by atoms with Gasteiger partial charge in [-0.1, -0.05) is 13.0 Å². The number of carboxylic acid groups (broad SMARTS) is 1. The zero-order valence-corrected chi connectivity index (χ0v) is 10.7. The van der Waals surface area contributed by atoms with Crippen molar-refractivity contribution in [1.82, 2.24) is 0 Å². The van der Waals surface area contributed by atoms with Crippen molar-refractivity contribution in [2.45, 2.75) is 47.0 Å². The lowest BCUT2D eigenvalue weighted by atomic mass is 9.85. The maximum absolute atomic E-state index is 10.8. The highest BCUT2D eigenvalue weighted by molar-refractivity contribution is 5.68. The Labute approximate surface area is 97.3 Å². The van der Waals surface area contributed by atoms with Gasteiger partial charge in [-0.15, -0.1) is 0 Å². The standard InChI is InChI=1S/C14H20O2/c1-8-6-9(2)12(5)14(11(8)4)10(3)7-13(15)16/h6,10H,7H2,1-5H3,(H,15,16). The van der Waals surface area contributed by atoms with Crippen LogP contribution < -0.4 is 0 Å². The average Bonchev–Trinajstić information content (AvgIpc) is 2.14. The minimum Gasteiger partial charge on any atom is -0.481 e. The molecule has 0 heterocycles. The predicted octanol–water partition coefficient (Wildman–Crippen LogP) is 3.50. The summed E-state index contributed by atoms with van der Waals surface area (Å²) in [5, 5.41) is 8.87. The van der Waals surface area contributed by atoms with E-state index in [1.54, 1.807) is 0 Å². The van der Waals surface area contributed by atoms with Crippen LogP contribution in [-0.4, -0.2) is 11.1 Å². The maximum Gasteiger partial charge on any atom is 0.303 e. The van der Waals surface area contributed by atoms with Crippen LogP contribution in [0.15, 0.2) is 6.07 Å². The van der Waals surface area contributed by atoms with Crippen molar-refractivity contribution in [3.63, 3.8) is 0 Å². The second kappa shape index (κ2) is 4.69. The topological polar surface area (TPSA) is 37.3 Å². The second-order valence-corrected chi connectivity index (χ2v) is 4.67. The zero-order chi connectivity index (χ0) is 12.5. The Morgan fingerprint density at radius 3 is 2.00 bits per heavy atom. The van der Waals surface area contributed by atoms with Crippen LogP contribution in [0.1, 0.15) is 47.1 Å². The SMILES string of the molecule is Cc1cc(C)c(C)c(C(C)CC(=O)O)c1C. The van der Waals surface area contributed by atoms with E-state index >= 15 is 0 Å². The largest absolute Gasteiger partial charge is 0.481 e. The summed E-state index contributed by atoms with van der Waals surface area (Å²) in [5.74, 6) is -0.651. The van der Waals surface area contributed by atoms with E-state index in [2.05, 4.69) is 33.8 Å². The van der Waals surface area contributed by atoms with Crippen LogP contribution >= 0.6 is 0 Å². The third-order valence-corrected chi connectivity index (χ3v) is 3.40. The smallest absolute Gasteiger partial charge is 0.303 e. The molecule has 0 saturated carbocycles. The molecule has 0 aliphatic rings. The molecule has 0 amide bonds. The fourth-order valence-electron chi connectivity index (χ4n) is 2.35. The molecule has 88 valence electrons. The van der Waals surface area contributed by atoms with Crippen LogP contribution in [0.3, 0.4) is 0 Å². The van der Waals surface area contributed by atoms with E-state index in [1.165, 1.54) is 27.8 Å². The van der Waals surface area contributed by atoms with E-state index in [1.807, 2.05) is 6.92 Å². The molecule has 0 aliphatic heterocycles. The lowest BCUT2D eigenvalue weighted by Gasteiger charge is -2.19. The van der Waals surface area contributed by atoms with Gasteiger partial charge in [0.15, 0.2) is 0 Å². The van der Waals surface area contributed by atoms with Crippen LogP contribution in [0, 0.1) is 27.7 Å². The molecule has 1 rings (SSSR count). The molecule has 0 spiro atoms. The van der Waals surface area contributed by atoms with Crippen LogP contribution in [0.25, 0.3) is 0 Å². The van der Waals surface area contributed by atoms with E-state index in [4.69, 9.17) is 5.11 Å². The first kappa shape index (κ1) is 12.8. The Morgan fingerprint density at radius 1 is 1.19 bits per heavy atom. The van der Waals surface area contributed by atoms with Crippen LogP contribution in [0.5, 0.6) is 0 Å². The first-order chi connectivity index (χ1) is 7.34. The molecule has 1 aromatic rings. The van der Waals surface area contributed by atoms with Crippen molar-refractivity contribution < 1.29 is 9.90 Å². The minimum absolute atomic E-state index is 0.0797. The van der Waals surface area contributed by atoms with Gasteiger partial charge in [0.05, 0.1) is 6.42 Å². The molecule has 1 N–H and O–H groups in total. The van der Waals surface area contributed by atoms with Crippen molar-refractivity contribution in [3.05, 3.63) is 33.9 Å². The summed E-state index contributed by atoms with van der Waals surface area (Å²) in [7, 11) is 0. The Balaban J connectivity index is 3.26. The lowest BCUT2D eigenvalue weighted by molar-refractivity contribution is -0.137. The Hall–Kier alpha value is -1.31. The third kappa shape index (κ3) is 2.43. The van der Waals surface area contributed by atoms with Crippen molar-refractivity contribution in [2.75, 3.05) is 0 Å². The van der Waals surface area contributed by atoms with Crippen molar-refractivity contribution in [1.29, 1.82) is 0 Å². The van der Waals surface area contributed by atoms with Crippen LogP contribution in [-0.2, 0) is 4.79 Å². The number of rotatable bonds is 3. The number of aliphatic carboxylic acids is 1. The fraction of sp³-hybridized carbons (Fsp3) is 0.500. The predicted molar refractivity (Wildman–Crippen MR) is 66.1 cm³/mol. The van der Waals surface area contributed by atoms with Gasteiger partial charge in [0.2, 0.25) is 0 Å². The molecule has 0 saturated heterocycles. The number of hydrogen-bond donors (Lipinski definition) is 1. The van der Waals surface area contributed by atoms with Crippen molar-refractivity contribution in [2.24, 2.45) is 0 Å².